The molecule has 2 rings (SSSR count). The van der Waals surface area contributed by atoms with Crippen LogP contribution in [0, 0.1) is 13.8 Å². The Labute approximate surface area is 115 Å². The maximum Gasteiger partial charge on any atom is 0.0570 e. The second-order valence-electron chi connectivity index (χ2n) is 5.22. The Kier molecular flexibility index (Phi) is 4.33. The van der Waals surface area contributed by atoms with E-state index in [1.807, 2.05) is 18.3 Å². The van der Waals surface area contributed by atoms with Gasteiger partial charge >= 0.3 is 0 Å². The highest BCUT2D eigenvalue weighted by molar-refractivity contribution is 5.32. The van der Waals surface area contributed by atoms with Crippen LogP contribution < -0.4 is 5.32 Å². The van der Waals surface area contributed by atoms with Crippen LogP contribution in [0.4, 0.5) is 0 Å². The summed E-state index contributed by atoms with van der Waals surface area (Å²) in [5.74, 6) is 0. The van der Waals surface area contributed by atoms with Crippen molar-refractivity contribution in [1.29, 1.82) is 0 Å². The van der Waals surface area contributed by atoms with Crippen LogP contribution >= 0.6 is 0 Å². The molecule has 1 aromatic heterocycles. The minimum Gasteiger partial charge on any atom is -0.302 e. The first-order chi connectivity index (χ1) is 9.08. The molecule has 0 saturated heterocycles. The summed E-state index contributed by atoms with van der Waals surface area (Å²) in [7, 11) is 0. The Hall–Kier alpha value is -1.67. The summed E-state index contributed by atoms with van der Waals surface area (Å²) in [6.07, 6.45) is 1.84. The molecule has 0 bridgehead atoms. The van der Waals surface area contributed by atoms with Crippen LogP contribution in [0.2, 0.25) is 0 Å². The normalized spacial score (nSPS) is 14.1. The number of hydrogen-bond donors (Lipinski definition) is 1. The lowest BCUT2D eigenvalue weighted by molar-refractivity contribution is 0.485. The number of pyridine rings is 1. The number of nitrogens with zero attached hydrogens (tertiary/aromatic N) is 1. The van der Waals surface area contributed by atoms with Gasteiger partial charge in [0.1, 0.15) is 0 Å². The summed E-state index contributed by atoms with van der Waals surface area (Å²) >= 11 is 0. The smallest absolute Gasteiger partial charge is 0.0570 e. The molecule has 0 aliphatic carbocycles. The van der Waals surface area contributed by atoms with Gasteiger partial charge in [-0.1, -0.05) is 29.8 Å². The van der Waals surface area contributed by atoms with Gasteiger partial charge in [0, 0.05) is 18.3 Å². The van der Waals surface area contributed by atoms with E-state index in [1.165, 1.54) is 16.7 Å². The van der Waals surface area contributed by atoms with Gasteiger partial charge in [0.25, 0.3) is 0 Å². The highest BCUT2D eigenvalue weighted by Gasteiger charge is 2.13. The third-order valence-corrected chi connectivity index (χ3v) is 3.52. The third-order valence-electron chi connectivity index (χ3n) is 3.52. The first-order valence-corrected chi connectivity index (χ1v) is 6.82. The summed E-state index contributed by atoms with van der Waals surface area (Å²) in [5.41, 5.74) is 5.09. The van der Waals surface area contributed by atoms with E-state index in [-0.39, 0.29) is 6.04 Å². The Balaban J connectivity index is 2.10. The highest BCUT2D eigenvalue weighted by atomic mass is 15.0. The van der Waals surface area contributed by atoms with Crippen molar-refractivity contribution in [3.63, 3.8) is 0 Å². The van der Waals surface area contributed by atoms with Gasteiger partial charge in [0.15, 0.2) is 0 Å². The topological polar surface area (TPSA) is 24.9 Å². The van der Waals surface area contributed by atoms with Crippen molar-refractivity contribution < 1.29 is 0 Å². The van der Waals surface area contributed by atoms with Gasteiger partial charge in [0.05, 0.1) is 5.69 Å². The number of nitrogens with one attached hydrogen (secondary N) is 1. The maximum absolute atomic E-state index is 4.40. The van der Waals surface area contributed by atoms with Crippen molar-refractivity contribution in [2.45, 2.75) is 39.8 Å². The molecule has 0 aliphatic heterocycles. The van der Waals surface area contributed by atoms with Crippen molar-refractivity contribution in [3.05, 3.63) is 65.0 Å². The van der Waals surface area contributed by atoms with Crippen molar-refractivity contribution in [2.75, 3.05) is 0 Å². The number of rotatable bonds is 4. The van der Waals surface area contributed by atoms with Gasteiger partial charge in [-0.3, -0.25) is 4.98 Å². The summed E-state index contributed by atoms with van der Waals surface area (Å²) in [5, 5.41) is 3.61. The predicted molar refractivity (Wildman–Crippen MR) is 80.1 cm³/mol. The quantitative estimate of drug-likeness (QED) is 0.888. The van der Waals surface area contributed by atoms with Crippen LogP contribution in [-0.2, 0) is 0 Å². The van der Waals surface area contributed by atoms with Crippen molar-refractivity contribution >= 4 is 0 Å². The maximum atomic E-state index is 4.40. The minimum atomic E-state index is 0.247. The Morgan fingerprint density at radius 2 is 1.79 bits per heavy atom. The molecule has 2 nitrogen and oxygen atoms in total. The molecule has 2 aromatic rings. The summed E-state index contributed by atoms with van der Waals surface area (Å²) < 4.78 is 0. The van der Waals surface area contributed by atoms with E-state index in [0.29, 0.717) is 6.04 Å². The molecule has 2 atom stereocenters. The fourth-order valence-electron chi connectivity index (χ4n) is 2.49. The lowest BCUT2D eigenvalue weighted by Gasteiger charge is -2.21. The van der Waals surface area contributed by atoms with Gasteiger partial charge in [-0.2, -0.15) is 0 Å². The van der Waals surface area contributed by atoms with Gasteiger partial charge in [-0.05, 0) is 51.0 Å². The molecular weight excluding hydrogens is 232 g/mol. The van der Waals surface area contributed by atoms with Crippen LogP contribution in [0.15, 0.2) is 42.6 Å². The molecule has 100 valence electrons. The molecule has 1 N–H and O–H groups in total. The van der Waals surface area contributed by atoms with Crippen LogP contribution in [0.3, 0.4) is 0 Å². The Morgan fingerprint density at radius 3 is 2.42 bits per heavy atom. The minimum absolute atomic E-state index is 0.247. The average Bonchev–Trinajstić information content (AvgIpc) is 2.39. The van der Waals surface area contributed by atoms with E-state index in [9.17, 15) is 0 Å². The second-order valence-corrected chi connectivity index (χ2v) is 5.22. The lowest BCUT2D eigenvalue weighted by atomic mass is 9.99. The molecule has 19 heavy (non-hydrogen) atoms. The monoisotopic (exact) mass is 254 g/mol. The first-order valence-electron chi connectivity index (χ1n) is 6.82. The standard InChI is InChI=1S/C17H22N2/c1-12-8-9-16(13(2)11-12)14(3)19-15(4)17-7-5-6-10-18-17/h5-11,14-15,19H,1-4H3/t14?,15-/m0/s1. The summed E-state index contributed by atoms with van der Waals surface area (Å²) in [6, 6.07) is 13.2. The molecule has 1 heterocycles. The molecule has 0 saturated carbocycles. The Morgan fingerprint density at radius 1 is 1.00 bits per heavy atom. The SMILES string of the molecule is Cc1ccc(C(C)N[C@@H](C)c2ccccn2)c(C)c1. The van der Waals surface area contributed by atoms with E-state index >= 15 is 0 Å². The molecular formula is C17H22N2. The molecule has 2 heteroatoms. The first kappa shape index (κ1) is 13.8. The zero-order valence-electron chi connectivity index (χ0n) is 12.1. The van der Waals surface area contributed by atoms with E-state index in [2.05, 4.69) is 62.3 Å². The molecule has 1 aromatic carbocycles. The van der Waals surface area contributed by atoms with Crippen molar-refractivity contribution in [3.8, 4) is 0 Å². The van der Waals surface area contributed by atoms with Gasteiger partial charge in [-0.25, -0.2) is 0 Å². The largest absolute Gasteiger partial charge is 0.302 e. The zero-order valence-corrected chi connectivity index (χ0v) is 12.1. The third kappa shape index (κ3) is 3.42. The summed E-state index contributed by atoms with van der Waals surface area (Å²) in [4.78, 5) is 4.40. The molecule has 0 fully saturated rings. The number of aromatic nitrogens is 1. The van der Waals surface area contributed by atoms with Gasteiger partial charge in [-0.15, -0.1) is 0 Å². The number of benzene rings is 1. The van der Waals surface area contributed by atoms with Crippen LogP contribution in [0.1, 0.15) is 48.3 Å². The molecule has 0 spiro atoms. The zero-order chi connectivity index (χ0) is 13.8. The van der Waals surface area contributed by atoms with E-state index < -0.39 is 0 Å². The van der Waals surface area contributed by atoms with Gasteiger partial charge in [0.2, 0.25) is 0 Å². The lowest BCUT2D eigenvalue weighted by Crippen LogP contribution is -2.23. The average molecular weight is 254 g/mol. The highest BCUT2D eigenvalue weighted by Crippen LogP contribution is 2.21. The number of hydrogen-bond acceptors (Lipinski definition) is 2. The van der Waals surface area contributed by atoms with E-state index in [0.717, 1.165) is 5.69 Å². The van der Waals surface area contributed by atoms with Gasteiger partial charge < -0.3 is 5.32 Å². The molecule has 1 unspecified atom stereocenters. The predicted octanol–water partition coefficient (Wildman–Crippen LogP) is 4.11. The number of aryl methyl sites for hydroxylation is 2. The van der Waals surface area contributed by atoms with Crippen LogP contribution in [-0.4, -0.2) is 4.98 Å². The van der Waals surface area contributed by atoms with Crippen molar-refractivity contribution in [1.82, 2.24) is 10.3 Å². The fraction of sp³-hybridized carbons (Fsp3) is 0.353. The molecule has 0 amide bonds. The Bertz CT molecular complexity index is 534. The molecule has 0 aliphatic rings. The van der Waals surface area contributed by atoms with E-state index in [1.54, 1.807) is 0 Å². The van der Waals surface area contributed by atoms with E-state index in [4.69, 9.17) is 0 Å². The van der Waals surface area contributed by atoms with Crippen LogP contribution in [0.25, 0.3) is 0 Å². The second kappa shape index (κ2) is 5.98. The molecule has 0 radical (unpaired) electrons. The fourth-order valence-corrected chi connectivity index (χ4v) is 2.49. The van der Waals surface area contributed by atoms with Crippen LogP contribution in [0.5, 0.6) is 0 Å². The summed E-state index contributed by atoms with van der Waals surface area (Å²) in [6.45, 7) is 8.66. The van der Waals surface area contributed by atoms with Crippen molar-refractivity contribution in [2.24, 2.45) is 0 Å².